The Morgan fingerprint density at radius 2 is 2.00 bits per heavy atom. The highest BCUT2D eigenvalue weighted by Gasteiger charge is 2.19. The fourth-order valence-corrected chi connectivity index (χ4v) is 3.25. The number of fused-ring (bicyclic) bond motifs is 3. The fraction of sp³-hybridized carbons (Fsp3) is 0.450. The minimum absolute atomic E-state index is 0.566. The maximum absolute atomic E-state index is 5.98. The molecule has 1 aromatic carbocycles. The van der Waals surface area contributed by atoms with Gasteiger partial charge in [-0.3, -0.25) is 4.98 Å². The number of benzene rings is 1. The first-order chi connectivity index (χ1) is 11.0. The summed E-state index contributed by atoms with van der Waals surface area (Å²) in [7, 11) is 0. The number of pyridine rings is 1. The molecule has 1 atom stereocenters. The Morgan fingerprint density at radius 1 is 1.17 bits per heavy atom. The van der Waals surface area contributed by atoms with E-state index in [2.05, 4.69) is 44.0 Å². The summed E-state index contributed by atoms with van der Waals surface area (Å²) in [5, 5.41) is 0. The molecule has 1 aliphatic heterocycles. The van der Waals surface area contributed by atoms with E-state index < -0.39 is 0 Å². The molecule has 2 aromatic rings. The van der Waals surface area contributed by atoms with Gasteiger partial charge in [0.05, 0.1) is 12.3 Å². The summed E-state index contributed by atoms with van der Waals surface area (Å²) in [5.74, 6) is 3.10. The highest BCUT2D eigenvalue weighted by Crippen LogP contribution is 2.39. The van der Waals surface area contributed by atoms with Crippen LogP contribution < -0.4 is 9.47 Å². The third kappa shape index (κ3) is 3.49. The molecule has 0 N–H and O–H groups in total. The molecule has 1 aliphatic rings. The maximum atomic E-state index is 5.98. The van der Waals surface area contributed by atoms with Gasteiger partial charge in [-0.15, -0.1) is 0 Å². The second-order valence-corrected chi connectivity index (χ2v) is 6.93. The molecule has 3 nitrogen and oxygen atoms in total. The van der Waals surface area contributed by atoms with Gasteiger partial charge in [0.2, 0.25) is 0 Å². The van der Waals surface area contributed by atoms with Crippen molar-refractivity contribution in [1.29, 1.82) is 0 Å². The molecule has 0 spiro atoms. The van der Waals surface area contributed by atoms with Gasteiger partial charge < -0.3 is 9.47 Å². The van der Waals surface area contributed by atoms with Crippen LogP contribution >= 0.6 is 0 Å². The maximum Gasteiger partial charge on any atom is 0.148 e. The van der Waals surface area contributed by atoms with E-state index in [0.717, 1.165) is 29.4 Å². The van der Waals surface area contributed by atoms with Crippen LogP contribution in [0.5, 0.6) is 11.5 Å². The number of rotatable bonds is 5. The smallest absolute Gasteiger partial charge is 0.148 e. The summed E-state index contributed by atoms with van der Waals surface area (Å²) in [5.41, 5.74) is 4.46. The summed E-state index contributed by atoms with van der Waals surface area (Å²) in [6.45, 7) is 10.1. The van der Waals surface area contributed by atoms with E-state index in [1.807, 2.05) is 19.2 Å². The lowest BCUT2D eigenvalue weighted by Crippen LogP contribution is -2.12. The molecule has 0 amide bonds. The van der Waals surface area contributed by atoms with Crippen LogP contribution in [0, 0.1) is 18.8 Å². The van der Waals surface area contributed by atoms with Crippen LogP contribution in [0.25, 0.3) is 11.1 Å². The summed E-state index contributed by atoms with van der Waals surface area (Å²) in [6.07, 6.45) is 3.03. The van der Waals surface area contributed by atoms with Crippen LogP contribution in [0.1, 0.15) is 38.4 Å². The molecule has 0 unspecified atom stereocenters. The lowest BCUT2D eigenvalue weighted by atomic mass is 9.97. The first-order valence-electron chi connectivity index (χ1n) is 8.39. The van der Waals surface area contributed by atoms with Gasteiger partial charge in [-0.2, -0.15) is 0 Å². The summed E-state index contributed by atoms with van der Waals surface area (Å²) in [4.78, 5) is 4.31. The Bertz CT molecular complexity index is 694. The predicted octanol–water partition coefficient (Wildman–Crippen LogP) is 5.01. The van der Waals surface area contributed by atoms with E-state index in [0.29, 0.717) is 18.4 Å². The van der Waals surface area contributed by atoms with Crippen molar-refractivity contribution < 1.29 is 9.47 Å². The van der Waals surface area contributed by atoms with Gasteiger partial charge in [-0.05, 0) is 48.9 Å². The van der Waals surface area contributed by atoms with Gasteiger partial charge in [0.1, 0.15) is 18.1 Å². The minimum Gasteiger partial charge on any atom is -0.493 e. The Balaban J connectivity index is 1.76. The highest BCUT2D eigenvalue weighted by molar-refractivity contribution is 5.76. The predicted molar refractivity (Wildman–Crippen MR) is 92.9 cm³/mol. The van der Waals surface area contributed by atoms with E-state index in [9.17, 15) is 0 Å². The Labute approximate surface area is 138 Å². The Hall–Kier alpha value is -2.03. The van der Waals surface area contributed by atoms with Crippen molar-refractivity contribution in [2.45, 2.75) is 40.7 Å². The molecular formula is C20H25NO2. The molecular weight excluding hydrogens is 286 g/mol. The number of ether oxygens (including phenoxy) is 2. The summed E-state index contributed by atoms with van der Waals surface area (Å²) < 4.78 is 11.9. The number of nitrogens with zero attached hydrogens (tertiary/aromatic N) is 1. The zero-order valence-electron chi connectivity index (χ0n) is 14.4. The Kier molecular flexibility index (Phi) is 4.56. The number of aryl methyl sites for hydroxylation is 1. The number of hydrogen-bond donors (Lipinski definition) is 0. The van der Waals surface area contributed by atoms with Gasteiger partial charge in [0, 0.05) is 17.3 Å². The molecule has 0 saturated heterocycles. The topological polar surface area (TPSA) is 31.4 Å². The zero-order chi connectivity index (χ0) is 16.4. The first-order valence-corrected chi connectivity index (χ1v) is 8.39. The van der Waals surface area contributed by atoms with Gasteiger partial charge in [0.25, 0.3) is 0 Å². The van der Waals surface area contributed by atoms with Crippen molar-refractivity contribution in [3.05, 3.63) is 41.7 Å². The monoisotopic (exact) mass is 311 g/mol. The minimum atomic E-state index is 0.566. The lowest BCUT2D eigenvalue weighted by molar-refractivity contribution is 0.238. The third-order valence-electron chi connectivity index (χ3n) is 4.23. The lowest BCUT2D eigenvalue weighted by Gasteiger charge is -2.22. The molecule has 0 fully saturated rings. The Morgan fingerprint density at radius 3 is 2.78 bits per heavy atom. The molecule has 1 aromatic heterocycles. The molecule has 0 aliphatic carbocycles. The van der Waals surface area contributed by atoms with E-state index >= 15 is 0 Å². The fourth-order valence-electron chi connectivity index (χ4n) is 3.25. The van der Waals surface area contributed by atoms with Crippen molar-refractivity contribution in [2.75, 3.05) is 6.61 Å². The molecule has 0 radical (unpaired) electrons. The molecule has 2 heterocycles. The van der Waals surface area contributed by atoms with Crippen molar-refractivity contribution in [3.63, 3.8) is 0 Å². The van der Waals surface area contributed by atoms with Crippen LogP contribution in [-0.2, 0) is 6.61 Å². The van der Waals surface area contributed by atoms with E-state index in [-0.39, 0.29) is 0 Å². The normalized spacial score (nSPS) is 14.0. The van der Waals surface area contributed by atoms with E-state index in [4.69, 9.17) is 9.47 Å². The molecule has 0 bridgehead atoms. The van der Waals surface area contributed by atoms with Crippen LogP contribution in [0.4, 0.5) is 0 Å². The number of hydrogen-bond acceptors (Lipinski definition) is 3. The largest absolute Gasteiger partial charge is 0.493 e. The highest BCUT2D eigenvalue weighted by atomic mass is 16.5. The van der Waals surface area contributed by atoms with Crippen molar-refractivity contribution in [3.8, 4) is 22.6 Å². The molecule has 3 heteroatoms. The van der Waals surface area contributed by atoms with Crippen molar-refractivity contribution in [2.24, 2.45) is 11.8 Å². The van der Waals surface area contributed by atoms with E-state index in [1.165, 1.54) is 17.5 Å². The molecule has 0 saturated carbocycles. The second-order valence-electron chi connectivity index (χ2n) is 6.93. The molecule has 23 heavy (non-hydrogen) atoms. The van der Waals surface area contributed by atoms with Gasteiger partial charge in [-0.25, -0.2) is 0 Å². The third-order valence-corrected chi connectivity index (χ3v) is 4.23. The van der Waals surface area contributed by atoms with Crippen LogP contribution in [0.15, 0.2) is 30.5 Å². The summed E-state index contributed by atoms with van der Waals surface area (Å²) >= 11 is 0. The van der Waals surface area contributed by atoms with Crippen LogP contribution in [0.3, 0.4) is 0 Å². The number of aromatic nitrogens is 1. The van der Waals surface area contributed by atoms with Crippen LogP contribution in [-0.4, -0.2) is 11.6 Å². The van der Waals surface area contributed by atoms with Gasteiger partial charge >= 0.3 is 0 Å². The van der Waals surface area contributed by atoms with Crippen molar-refractivity contribution in [1.82, 2.24) is 4.98 Å². The average Bonchev–Trinajstić information content (AvgIpc) is 2.52. The van der Waals surface area contributed by atoms with Crippen molar-refractivity contribution >= 4 is 0 Å². The SMILES string of the molecule is Cc1nccc2c1OCc1cc(OC[C@H](C)CC(C)C)ccc1-2. The second kappa shape index (κ2) is 6.61. The molecule has 122 valence electrons. The standard InChI is InChI=1S/C20H25NO2/c1-13(2)9-14(3)11-22-17-5-6-18-16(10-17)12-23-20-15(4)21-8-7-19(18)20/h5-8,10,13-14H,9,11-12H2,1-4H3/t14-/m1/s1. The van der Waals surface area contributed by atoms with Gasteiger partial charge in [0.15, 0.2) is 0 Å². The molecule has 3 rings (SSSR count). The average molecular weight is 311 g/mol. The quantitative estimate of drug-likeness (QED) is 0.777. The van der Waals surface area contributed by atoms with E-state index in [1.54, 1.807) is 0 Å². The van der Waals surface area contributed by atoms with Gasteiger partial charge in [-0.1, -0.05) is 26.8 Å². The summed E-state index contributed by atoms with van der Waals surface area (Å²) in [6, 6.07) is 8.33. The first kappa shape index (κ1) is 15.9. The zero-order valence-corrected chi connectivity index (χ0v) is 14.4. The van der Waals surface area contributed by atoms with Crippen LogP contribution in [0.2, 0.25) is 0 Å².